The van der Waals surface area contributed by atoms with Crippen LogP contribution in [0.1, 0.15) is 30.1 Å². The van der Waals surface area contributed by atoms with Crippen LogP contribution in [0.25, 0.3) is 0 Å². The Balaban J connectivity index is 1.55. The second-order valence-corrected chi connectivity index (χ2v) is 8.41. The lowest BCUT2D eigenvalue weighted by atomic mass is 10.2. The molecule has 11 heteroatoms. The molecule has 1 amide bonds. The minimum Gasteiger partial charge on any atom is -0.462 e. The fourth-order valence-electron chi connectivity index (χ4n) is 2.55. The van der Waals surface area contributed by atoms with Crippen LogP contribution >= 0.6 is 0 Å². The number of sulfonamides is 1. The number of carbonyl (C=O) groups excluding carboxylic acids is 2. The maximum atomic E-state index is 12.4. The molecular weight excluding hydrogens is 448 g/mol. The number of rotatable bonds is 9. The van der Waals surface area contributed by atoms with Crippen LogP contribution in [0.3, 0.4) is 0 Å². The molecule has 0 radical (unpaired) electrons. The molecule has 0 spiro atoms. The first-order chi connectivity index (χ1) is 15.9. The van der Waals surface area contributed by atoms with Gasteiger partial charge in [-0.05, 0) is 61.0 Å². The molecule has 0 atom stereocenters. The largest absolute Gasteiger partial charge is 0.462 e. The Bertz CT molecular complexity index is 1180. The third-order valence-electron chi connectivity index (χ3n) is 4.23. The van der Waals surface area contributed by atoms with E-state index in [1.807, 2.05) is 6.92 Å². The highest BCUT2D eigenvalue weighted by Gasteiger charge is 2.16. The fraction of sp³-hybridized carbons (Fsp3) is 0.182. The third kappa shape index (κ3) is 7.01. The van der Waals surface area contributed by atoms with Gasteiger partial charge in [0.05, 0.1) is 17.1 Å². The minimum absolute atomic E-state index is 0.0321. The quantitative estimate of drug-likeness (QED) is 0.355. The molecule has 0 bridgehead atoms. The van der Waals surface area contributed by atoms with E-state index in [-0.39, 0.29) is 16.6 Å². The number of hydrogen-bond donors (Lipinski definition) is 2. The number of anilines is 2. The van der Waals surface area contributed by atoms with Crippen molar-refractivity contribution in [2.75, 3.05) is 16.6 Å². The predicted molar refractivity (Wildman–Crippen MR) is 121 cm³/mol. The van der Waals surface area contributed by atoms with Crippen molar-refractivity contribution >= 4 is 33.7 Å². The van der Waals surface area contributed by atoms with Gasteiger partial charge in [-0.2, -0.15) is 0 Å². The number of unbranched alkanes of at least 4 members (excludes halogenated alkanes) is 1. The number of benzene rings is 2. The fourth-order valence-corrected chi connectivity index (χ4v) is 3.51. The minimum atomic E-state index is -3.88. The zero-order chi connectivity index (χ0) is 23.7. The van der Waals surface area contributed by atoms with Gasteiger partial charge in [-0.1, -0.05) is 13.3 Å². The summed E-state index contributed by atoms with van der Waals surface area (Å²) in [6.07, 6.45) is 3.76. The summed E-state index contributed by atoms with van der Waals surface area (Å²) < 4.78 is 37.3. The molecule has 10 nitrogen and oxygen atoms in total. The van der Waals surface area contributed by atoms with Crippen molar-refractivity contribution in [3.63, 3.8) is 0 Å². The molecule has 2 aromatic carbocycles. The summed E-state index contributed by atoms with van der Waals surface area (Å²) in [6, 6.07) is 13.0. The normalized spacial score (nSPS) is 10.8. The maximum Gasteiger partial charge on any atom is 0.417 e. The van der Waals surface area contributed by atoms with Crippen LogP contribution in [0.15, 0.2) is 71.9 Å². The van der Waals surface area contributed by atoms with Crippen molar-refractivity contribution in [2.45, 2.75) is 24.7 Å². The third-order valence-corrected chi connectivity index (χ3v) is 5.58. The van der Waals surface area contributed by atoms with Crippen molar-refractivity contribution in [3.05, 3.63) is 72.6 Å². The Morgan fingerprint density at radius 2 is 1.64 bits per heavy atom. The Morgan fingerprint density at radius 3 is 2.27 bits per heavy atom. The first-order valence-corrected chi connectivity index (χ1v) is 11.5. The van der Waals surface area contributed by atoms with Crippen LogP contribution in [-0.2, 0) is 14.8 Å². The van der Waals surface area contributed by atoms with Crippen molar-refractivity contribution in [1.82, 2.24) is 9.97 Å². The van der Waals surface area contributed by atoms with Crippen LogP contribution in [0.5, 0.6) is 5.75 Å². The molecule has 0 aliphatic heterocycles. The molecule has 0 aliphatic carbocycles. The highest BCUT2D eigenvalue weighted by atomic mass is 32.2. The van der Waals surface area contributed by atoms with Gasteiger partial charge in [0.1, 0.15) is 5.75 Å². The first-order valence-electron chi connectivity index (χ1n) is 10.0. The number of ether oxygens (including phenoxy) is 2. The van der Waals surface area contributed by atoms with Gasteiger partial charge in [0.25, 0.3) is 10.0 Å². The topological polar surface area (TPSA) is 137 Å². The van der Waals surface area contributed by atoms with Crippen molar-refractivity contribution in [1.29, 1.82) is 0 Å². The summed E-state index contributed by atoms with van der Waals surface area (Å²) in [5, 5.41) is 2.50. The van der Waals surface area contributed by atoms with Gasteiger partial charge in [-0.15, -0.1) is 0 Å². The highest BCUT2D eigenvalue weighted by Crippen LogP contribution is 2.18. The van der Waals surface area contributed by atoms with Gasteiger partial charge in [-0.3, -0.25) is 5.32 Å². The molecule has 0 saturated heterocycles. The number of nitrogens with zero attached hydrogens (tertiary/aromatic N) is 2. The van der Waals surface area contributed by atoms with E-state index in [9.17, 15) is 18.0 Å². The van der Waals surface area contributed by atoms with E-state index >= 15 is 0 Å². The van der Waals surface area contributed by atoms with E-state index in [0.29, 0.717) is 17.9 Å². The maximum absolute atomic E-state index is 12.4. The lowest BCUT2D eigenvalue weighted by Gasteiger charge is -2.09. The molecule has 0 fully saturated rings. The molecule has 0 saturated carbocycles. The van der Waals surface area contributed by atoms with Gasteiger partial charge in [-0.25, -0.2) is 32.7 Å². The van der Waals surface area contributed by atoms with Gasteiger partial charge in [0.15, 0.2) is 0 Å². The van der Waals surface area contributed by atoms with Crippen molar-refractivity contribution in [2.24, 2.45) is 0 Å². The van der Waals surface area contributed by atoms with E-state index in [4.69, 9.17) is 9.47 Å². The Labute approximate surface area is 191 Å². The van der Waals surface area contributed by atoms with E-state index in [2.05, 4.69) is 20.0 Å². The molecular formula is C22H22N4O6S. The van der Waals surface area contributed by atoms with Crippen LogP contribution in [0.2, 0.25) is 0 Å². The average Bonchev–Trinajstić information content (AvgIpc) is 2.80. The van der Waals surface area contributed by atoms with Crippen LogP contribution in [-0.4, -0.2) is 37.1 Å². The summed E-state index contributed by atoms with van der Waals surface area (Å²) in [7, 11) is -3.88. The number of amides is 1. The van der Waals surface area contributed by atoms with Gasteiger partial charge >= 0.3 is 12.1 Å². The monoisotopic (exact) mass is 470 g/mol. The summed E-state index contributed by atoms with van der Waals surface area (Å²) in [5.41, 5.74) is 0.677. The molecule has 33 heavy (non-hydrogen) atoms. The van der Waals surface area contributed by atoms with Crippen LogP contribution < -0.4 is 14.8 Å². The zero-order valence-electron chi connectivity index (χ0n) is 17.7. The molecule has 0 aliphatic rings. The van der Waals surface area contributed by atoms with E-state index in [1.165, 1.54) is 60.9 Å². The second kappa shape index (κ2) is 11.0. The predicted octanol–water partition coefficient (Wildman–Crippen LogP) is 3.85. The van der Waals surface area contributed by atoms with Gasteiger partial charge < -0.3 is 9.47 Å². The summed E-state index contributed by atoms with van der Waals surface area (Å²) in [6.45, 7) is 2.35. The van der Waals surface area contributed by atoms with Crippen molar-refractivity contribution in [3.8, 4) is 5.75 Å². The number of carbonyl (C=O) groups is 2. The summed E-state index contributed by atoms with van der Waals surface area (Å²) in [4.78, 5) is 31.6. The average molecular weight is 471 g/mol. The lowest BCUT2D eigenvalue weighted by Crippen LogP contribution is -2.17. The molecule has 2 N–H and O–H groups in total. The van der Waals surface area contributed by atoms with Crippen LogP contribution in [0, 0.1) is 0 Å². The Kier molecular flexibility index (Phi) is 7.92. The Hall–Kier alpha value is -3.99. The first kappa shape index (κ1) is 23.7. The van der Waals surface area contributed by atoms with E-state index in [1.54, 1.807) is 6.07 Å². The molecule has 3 rings (SSSR count). The van der Waals surface area contributed by atoms with Gasteiger partial charge in [0, 0.05) is 18.1 Å². The lowest BCUT2D eigenvalue weighted by molar-refractivity contribution is 0.0499. The zero-order valence-corrected chi connectivity index (χ0v) is 18.5. The number of aromatic nitrogens is 2. The molecule has 0 unspecified atom stereocenters. The number of hydrogen-bond acceptors (Lipinski definition) is 8. The molecule has 172 valence electrons. The Morgan fingerprint density at radius 1 is 0.970 bits per heavy atom. The van der Waals surface area contributed by atoms with Crippen LogP contribution in [0.4, 0.5) is 16.4 Å². The smallest absolute Gasteiger partial charge is 0.417 e. The van der Waals surface area contributed by atoms with Gasteiger partial charge in [0.2, 0.25) is 5.95 Å². The molecule has 3 aromatic rings. The highest BCUT2D eigenvalue weighted by molar-refractivity contribution is 7.92. The van der Waals surface area contributed by atoms with E-state index < -0.39 is 22.1 Å². The second-order valence-electron chi connectivity index (χ2n) is 6.73. The molecule has 1 aromatic heterocycles. The summed E-state index contributed by atoms with van der Waals surface area (Å²) in [5.74, 6) is -0.268. The van der Waals surface area contributed by atoms with Crippen molar-refractivity contribution < 1.29 is 27.5 Å². The van der Waals surface area contributed by atoms with E-state index in [0.717, 1.165) is 12.8 Å². The summed E-state index contributed by atoms with van der Waals surface area (Å²) >= 11 is 0. The number of esters is 1. The molecule has 1 heterocycles. The SMILES string of the molecule is CCCCOC(=O)c1ccc(OC(=O)Nc2ccc(S(=O)(=O)Nc3ncccn3)cc2)cc1. The standard InChI is InChI=1S/C22H22N4O6S/c1-2-3-15-31-20(27)16-5-9-18(10-6-16)32-22(28)25-17-7-11-19(12-8-17)33(29,30)26-21-23-13-4-14-24-21/h4-14H,2-3,15H2,1H3,(H,25,28)(H,23,24,26). The number of nitrogens with one attached hydrogen (secondary N) is 2.